The molecule has 1 heteroatoms. The van der Waals surface area contributed by atoms with Crippen LogP contribution in [0.2, 0.25) is 0 Å². The Bertz CT molecular complexity index is 398. The Labute approximate surface area is 111 Å². The zero-order chi connectivity index (χ0) is 12.4. The molecule has 0 aliphatic heterocycles. The first-order valence-electron chi connectivity index (χ1n) is 7.70. The van der Waals surface area contributed by atoms with Crippen LogP contribution in [0.1, 0.15) is 62.6 Å². The highest BCUT2D eigenvalue weighted by molar-refractivity contribution is 5.32. The molecular formula is C17H25N. The Kier molecular flexibility index (Phi) is 3.69. The maximum atomic E-state index is 3.94. The van der Waals surface area contributed by atoms with Gasteiger partial charge in [-0.25, -0.2) is 0 Å². The van der Waals surface area contributed by atoms with Crippen molar-refractivity contribution in [2.45, 2.75) is 64.0 Å². The van der Waals surface area contributed by atoms with Gasteiger partial charge in [0.05, 0.1) is 0 Å². The van der Waals surface area contributed by atoms with E-state index in [4.69, 9.17) is 0 Å². The van der Waals surface area contributed by atoms with Gasteiger partial charge in [0.25, 0.3) is 0 Å². The van der Waals surface area contributed by atoms with E-state index in [2.05, 4.69) is 36.5 Å². The molecule has 0 heterocycles. The number of hydrogen-bond acceptors (Lipinski definition) is 1. The summed E-state index contributed by atoms with van der Waals surface area (Å²) in [7, 11) is 0. The van der Waals surface area contributed by atoms with E-state index in [0.717, 1.165) is 12.0 Å². The second kappa shape index (κ2) is 5.44. The summed E-state index contributed by atoms with van der Waals surface area (Å²) in [5.74, 6) is 0.973. The van der Waals surface area contributed by atoms with Gasteiger partial charge in [0, 0.05) is 12.1 Å². The van der Waals surface area contributed by atoms with E-state index in [1.165, 1.54) is 44.9 Å². The summed E-state index contributed by atoms with van der Waals surface area (Å²) in [4.78, 5) is 0. The van der Waals surface area contributed by atoms with Crippen LogP contribution in [0.4, 0.5) is 0 Å². The first-order valence-corrected chi connectivity index (χ1v) is 7.70. The SMILES string of the molecule is CCC1CCC(NC2CCCc3ccccc32)C1. The largest absolute Gasteiger partial charge is 0.307 e. The maximum Gasteiger partial charge on any atom is 0.0325 e. The molecule has 2 aliphatic carbocycles. The molecule has 1 N–H and O–H groups in total. The quantitative estimate of drug-likeness (QED) is 0.837. The first-order chi connectivity index (χ1) is 8.86. The highest BCUT2D eigenvalue weighted by Crippen LogP contribution is 2.34. The van der Waals surface area contributed by atoms with Crippen LogP contribution in [0, 0.1) is 5.92 Å². The summed E-state index contributed by atoms with van der Waals surface area (Å²) in [5, 5.41) is 3.94. The maximum absolute atomic E-state index is 3.94. The fraction of sp³-hybridized carbons (Fsp3) is 0.647. The minimum Gasteiger partial charge on any atom is -0.307 e. The van der Waals surface area contributed by atoms with Gasteiger partial charge in [-0.1, -0.05) is 37.6 Å². The molecule has 1 aromatic carbocycles. The fourth-order valence-electron chi connectivity index (χ4n) is 3.81. The minimum absolute atomic E-state index is 0.621. The number of aryl methyl sites for hydroxylation is 1. The molecule has 1 nitrogen and oxygen atoms in total. The molecule has 0 aromatic heterocycles. The Balaban J connectivity index is 1.67. The Morgan fingerprint density at radius 2 is 2.06 bits per heavy atom. The van der Waals surface area contributed by atoms with Crippen LogP contribution in [-0.2, 0) is 6.42 Å². The molecule has 0 saturated heterocycles. The van der Waals surface area contributed by atoms with Crippen molar-refractivity contribution in [3.8, 4) is 0 Å². The summed E-state index contributed by atoms with van der Waals surface area (Å²) >= 11 is 0. The molecule has 2 aliphatic rings. The number of hydrogen-bond donors (Lipinski definition) is 1. The molecular weight excluding hydrogens is 218 g/mol. The predicted molar refractivity (Wildman–Crippen MR) is 76.7 cm³/mol. The van der Waals surface area contributed by atoms with E-state index in [-0.39, 0.29) is 0 Å². The lowest BCUT2D eigenvalue weighted by Gasteiger charge is -2.29. The van der Waals surface area contributed by atoms with E-state index >= 15 is 0 Å². The lowest BCUT2D eigenvalue weighted by molar-refractivity contribution is 0.386. The average molecular weight is 243 g/mol. The van der Waals surface area contributed by atoms with Crippen LogP contribution >= 0.6 is 0 Å². The van der Waals surface area contributed by atoms with Crippen molar-refractivity contribution in [1.29, 1.82) is 0 Å². The number of fused-ring (bicyclic) bond motifs is 1. The van der Waals surface area contributed by atoms with Crippen LogP contribution in [0.5, 0.6) is 0 Å². The van der Waals surface area contributed by atoms with Crippen LogP contribution in [0.3, 0.4) is 0 Å². The zero-order valence-corrected chi connectivity index (χ0v) is 11.5. The highest BCUT2D eigenvalue weighted by Gasteiger charge is 2.27. The Morgan fingerprint density at radius 3 is 2.89 bits per heavy atom. The van der Waals surface area contributed by atoms with E-state index < -0.39 is 0 Å². The van der Waals surface area contributed by atoms with Gasteiger partial charge < -0.3 is 5.32 Å². The fourth-order valence-corrected chi connectivity index (χ4v) is 3.81. The normalized spacial score (nSPS) is 31.3. The smallest absolute Gasteiger partial charge is 0.0325 e. The standard InChI is InChI=1S/C17H25N/c1-2-13-10-11-15(12-13)18-17-9-5-7-14-6-3-4-8-16(14)17/h3-4,6,8,13,15,17-18H,2,5,7,9-12H2,1H3. The van der Waals surface area contributed by atoms with Gasteiger partial charge in [-0.3, -0.25) is 0 Å². The van der Waals surface area contributed by atoms with Crippen LogP contribution in [-0.4, -0.2) is 6.04 Å². The second-order valence-corrected chi connectivity index (χ2v) is 6.09. The number of rotatable bonds is 3. The van der Waals surface area contributed by atoms with Gasteiger partial charge in [-0.2, -0.15) is 0 Å². The number of benzene rings is 1. The van der Waals surface area contributed by atoms with Crippen molar-refractivity contribution in [3.05, 3.63) is 35.4 Å². The van der Waals surface area contributed by atoms with Gasteiger partial charge in [-0.05, 0) is 55.6 Å². The highest BCUT2D eigenvalue weighted by atomic mass is 15.0. The molecule has 3 atom stereocenters. The Hall–Kier alpha value is -0.820. The van der Waals surface area contributed by atoms with Crippen molar-refractivity contribution in [1.82, 2.24) is 5.32 Å². The monoisotopic (exact) mass is 243 g/mol. The molecule has 18 heavy (non-hydrogen) atoms. The minimum atomic E-state index is 0.621. The van der Waals surface area contributed by atoms with Crippen molar-refractivity contribution in [2.24, 2.45) is 5.92 Å². The molecule has 1 aromatic rings. The molecule has 98 valence electrons. The summed E-state index contributed by atoms with van der Waals surface area (Å²) in [6, 6.07) is 10.4. The van der Waals surface area contributed by atoms with Crippen LogP contribution in [0.15, 0.2) is 24.3 Å². The van der Waals surface area contributed by atoms with Crippen molar-refractivity contribution < 1.29 is 0 Å². The molecule has 1 fully saturated rings. The predicted octanol–water partition coefficient (Wildman–Crippen LogP) is 4.23. The van der Waals surface area contributed by atoms with Crippen LogP contribution < -0.4 is 5.32 Å². The number of nitrogens with one attached hydrogen (secondary N) is 1. The van der Waals surface area contributed by atoms with E-state index in [1.54, 1.807) is 11.1 Å². The molecule has 1 saturated carbocycles. The third-order valence-corrected chi connectivity index (χ3v) is 4.92. The third-order valence-electron chi connectivity index (χ3n) is 4.92. The van der Waals surface area contributed by atoms with E-state index in [9.17, 15) is 0 Å². The Morgan fingerprint density at radius 1 is 1.17 bits per heavy atom. The lowest BCUT2D eigenvalue weighted by atomic mass is 9.87. The molecule has 3 unspecified atom stereocenters. The van der Waals surface area contributed by atoms with Gasteiger partial charge in [0.15, 0.2) is 0 Å². The second-order valence-electron chi connectivity index (χ2n) is 6.09. The summed E-state index contributed by atoms with van der Waals surface area (Å²) in [6.07, 6.45) is 9.52. The van der Waals surface area contributed by atoms with Crippen molar-refractivity contribution in [2.75, 3.05) is 0 Å². The third kappa shape index (κ3) is 2.47. The van der Waals surface area contributed by atoms with Gasteiger partial charge >= 0.3 is 0 Å². The van der Waals surface area contributed by atoms with Crippen LogP contribution in [0.25, 0.3) is 0 Å². The van der Waals surface area contributed by atoms with Crippen molar-refractivity contribution in [3.63, 3.8) is 0 Å². The van der Waals surface area contributed by atoms with E-state index in [0.29, 0.717) is 6.04 Å². The topological polar surface area (TPSA) is 12.0 Å². The first kappa shape index (κ1) is 12.2. The van der Waals surface area contributed by atoms with Gasteiger partial charge in [0.2, 0.25) is 0 Å². The zero-order valence-electron chi connectivity index (χ0n) is 11.5. The average Bonchev–Trinajstić information content (AvgIpc) is 2.87. The van der Waals surface area contributed by atoms with Gasteiger partial charge in [-0.15, -0.1) is 0 Å². The van der Waals surface area contributed by atoms with E-state index in [1.807, 2.05) is 0 Å². The molecule has 0 bridgehead atoms. The summed E-state index contributed by atoms with van der Waals surface area (Å²) in [5.41, 5.74) is 3.15. The summed E-state index contributed by atoms with van der Waals surface area (Å²) < 4.78 is 0. The molecule has 0 amide bonds. The summed E-state index contributed by atoms with van der Waals surface area (Å²) in [6.45, 7) is 2.34. The van der Waals surface area contributed by atoms with Crippen molar-refractivity contribution >= 4 is 0 Å². The lowest BCUT2D eigenvalue weighted by Crippen LogP contribution is -2.33. The molecule has 3 rings (SSSR count). The molecule has 0 radical (unpaired) electrons. The molecule has 0 spiro atoms. The van der Waals surface area contributed by atoms with Gasteiger partial charge in [0.1, 0.15) is 0 Å².